The fourth-order valence-corrected chi connectivity index (χ4v) is 4.94. The van der Waals surface area contributed by atoms with E-state index in [9.17, 15) is 14.7 Å². The number of ether oxygens (including phenoxy) is 6. The van der Waals surface area contributed by atoms with Crippen molar-refractivity contribution in [3.05, 3.63) is 29.8 Å². The number of aliphatic hydroxyl groups is 1. The van der Waals surface area contributed by atoms with Crippen LogP contribution in [-0.4, -0.2) is 76.8 Å². The lowest BCUT2D eigenvalue weighted by atomic mass is 9.96. The van der Waals surface area contributed by atoms with Gasteiger partial charge in [-0.1, -0.05) is 38.7 Å². The standard InChI is InChI=1S/C29H47NO9Si/c1-19(11-10-12-20(2)31)27-24(38-29(3,4)39-27)17-25(32)30-22-15-21(35-6)16-23(37-18-34-5)26(22)28(33)36-13-14-40(7,8)9/h10-11,15-16,19-20,24,27,31H,12-14,17-18H2,1-9H3,(H,30,32)/b11-10-/t19?,20-,24-,27-/m1/s1. The van der Waals surface area contributed by atoms with Gasteiger partial charge in [0.05, 0.1) is 44.1 Å². The maximum atomic E-state index is 13.3. The zero-order valence-electron chi connectivity index (χ0n) is 25.4. The molecule has 40 heavy (non-hydrogen) atoms. The van der Waals surface area contributed by atoms with Gasteiger partial charge < -0.3 is 38.8 Å². The fraction of sp³-hybridized carbons (Fsp3) is 0.655. The summed E-state index contributed by atoms with van der Waals surface area (Å²) in [7, 11) is 1.51. The Morgan fingerprint density at radius 3 is 2.48 bits per heavy atom. The van der Waals surface area contributed by atoms with E-state index in [2.05, 4.69) is 25.0 Å². The number of rotatable bonds is 15. The van der Waals surface area contributed by atoms with Gasteiger partial charge >= 0.3 is 5.97 Å². The molecule has 0 aromatic heterocycles. The highest BCUT2D eigenvalue weighted by molar-refractivity contribution is 6.76. The van der Waals surface area contributed by atoms with Crippen LogP contribution < -0.4 is 14.8 Å². The number of carbonyl (C=O) groups excluding carboxylic acids is 2. The van der Waals surface area contributed by atoms with E-state index in [1.54, 1.807) is 32.9 Å². The number of benzene rings is 1. The van der Waals surface area contributed by atoms with Crippen LogP contribution in [0.2, 0.25) is 25.7 Å². The fourth-order valence-electron chi connectivity index (χ4n) is 4.23. The molecular formula is C29H47NO9Si. The number of methoxy groups -OCH3 is 2. The molecule has 0 aliphatic carbocycles. The second-order valence-electron chi connectivity index (χ2n) is 11.8. The summed E-state index contributed by atoms with van der Waals surface area (Å²) in [5, 5.41) is 12.4. The first-order chi connectivity index (χ1) is 18.7. The Morgan fingerprint density at radius 2 is 1.88 bits per heavy atom. The second-order valence-corrected chi connectivity index (χ2v) is 17.4. The summed E-state index contributed by atoms with van der Waals surface area (Å²) >= 11 is 0. The van der Waals surface area contributed by atoms with E-state index in [-0.39, 0.29) is 54.8 Å². The summed E-state index contributed by atoms with van der Waals surface area (Å²) in [5.41, 5.74) is 0.282. The third-order valence-corrected chi connectivity index (χ3v) is 7.95. The summed E-state index contributed by atoms with van der Waals surface area (Å²) < 4.78 is 33.9. The van der Waals surface area contributed by atoms with Crippen molar-refractivity contribution in [2.75, 3.05) is 32.9 Å². The third kappa shape index (κ3) is 10.9. The monoisotopic (exact) mass is 581 g/mol. The average molecular weight is 582 g/mol. The minimum absolute atomic E-state index is 0.0156. The van der Waals surface area contributed by atoms with Gasteiger partial charge in [-0.3, -0.25) is 4.79 Å². The Morgan fingerprint density at radius 1 is 1.18 bits per heavy atom. The van der Waals surface area contributed by atoms with Crippen molar-refractivity contribution < 1.29 is 43.1 Å². The Kier molecular flexibility index (Phi) is 12.6. The van der Waals surface area contributed by atoms with Crippen LogP contribution in [0.25, 0.3) is 0 Å². The van der Waals surface area contributed by atoms with Gasteiger partial charge in [-0.2, -0.15) is 0 Å². The maximum absolute atomic E-state index is 13.3. The van der Waals surface area contributed by atoms with E-state index < -0.39 is 32.0 Å². The molecule has 4 atom stereocenters. The molecule has 1 amide bonds. The van der Waals surface area contributed by atoms with E-state index in [4.69, 9.17) is 28.4 Å². The molecule has 1 heterocycles. The van der Waals surface area contributed by atoms with Gasteiger partial charge in [0, 0.05) is 33.2 Å². The van der Waals surface area contributed by atoms with Crippen molar-refractivity contribution in [2.45, 2.75) is 90.3 Å². The van der Waals surface area contributed by atoms with Crippen LogP contribution in [-0.2, 0) is 23.7 Å². The summed E-state index contributed by atoms with van der Waals surface area (Å²) in [6.45, 7) is 14.1. The van der Waals surface area contributed by atoms with Crippen LogP contribution in [0.5, 0.6) is 11.5 Å². The molecule has 1 saturated heterocycles. The summed E-state index contributed by atoms with van der Waals surface area (Å²) in [5.74, 6) is -1.37. The molecule has 1 unspecified atom stereocenters. The molecule has 1 aromatic carbocycles. The smallest absolute Gasteiger partial charge is 0.344 e. The lowest BCUT2D eigenvalue weighted by molar-refractivity contribution is -0.150. The number of aliphatic hydroxyl groups excluding tert-OH is 1. The molecule has 10 nitrogen and oxygen atoms in total. The lowest BCUT2D eigenvalue weighted by Crippen LogP contribution is -2.32. The van der Waals surface area contributed by atoms with Gasteiger partial charge in [-0.05, 0) is 33.2 Å². The molecule has 2 rings (SSSR count). The maximum Gasteiger partial charge on any atom is 0.344 e. The summed E-state index contributed by atoms with van der Waals surface area (Å²) in [6.07, 6.45) is 3.00. The average Bonchev–Trinajstić information content (AvgIpc) is 3.14. The van der Waals surface area contributed by atoms with Crippen LogP contribution in [0, 0.1) is 5.92 Å². The highest BCUT2D eigenvalue weighted by atomic mass is 28.3. The lowest BCUT2D eigenvalue weighted by Gasteiger charge is -2.22. The van der Waals surface area contributed by atoms with Gasteiger partial charge in [0.1, 0.15) is 17.1 Å². The van der Waals surface area contributed by atoms with Crippen molar-refractivity contribution in [1.82, 2.24) is 0 Å². The van der Waals surface area contributed by atoms with Crippen LogP contribution >= 0.6 is 0 Å². The van der Waals surface area contributed by atoms with E-state index in [0.29, 0.717) is 12.2 Å². The Balaban J connectivity index is 2.29. The van der Waals surface area contributed by atoms with E-state index in [0.717, 1.165) is 6.04 Å². The van der Waals surface area contributed by atoms with Gasteiger partial charge in [0.15, 0.2) is 12.6 Å². The second kappa shape index (κ2) is 15.0. The van der Waals surface area contributed by atoms with Gasteiger partial charge in [0.25, 0.3) is 0 Å². The van der Waals surface area contributed by atoms with Gasteiger partial charge in [-0.25, -0.2) is 4.79 Å². The molecular weight excluding hydrogens is 534 g/mol. The number of nitrogens with one attached hydrogen (secondary N) is 1. The minimum atomic E-state index is -1.44. The van der Waals surface area contributed by atoms with Crippen LogP contribution in [0.4, 0.5) is 5.69 Å². The molecule has 1 fully saturated rings. The third-order valence-electron chi connectivity index (χ3n) is 6.25. The summed E-state index contributed by atoms with van der Waals surface area (Å²) in [4.78, 5) is 26.6. The van der Waals surface area contributed by atoms with Crippen molar-refractivity contribution in [1.29, 1.82) is 0 Å². The predicted molar refractivity (Wildman–Crippen MR) is 156 cm³/mol. The zero-order chi connectivity index (χ0) is 30.1. The van der Waals surface area contributed by atoms with E-state index in [1.165, 1.54) is 14.2 Å². The largest absolute Gasteiger partial charge is 0.497 e. The normalized spacial score (nSPS) is 20.2. The Bertz CT molecular complexity index is 1020. The highest BCUT2D eigenvalue weighted by Gasteiger charge is 2.44. The van der Waals surface area contributed by atoms with Crippen molar-refractivity contribution in [2.24, 2.45) is 5.92 Å². The Hall–Kier alpha value is -2.44. The van der Waals surface area contributed by atoms with Crippen LogP contribution in [0.1, 0.15) is 50.9 Å². The van der Waals surface area contributed by atoms with E-state index in [1.807, 2.05) is 19.1 Å². The molecule has 1 aliphatic rings. The molecule has 1 aromatic rings. The highest BCUT2D eigenvalue weighted by Crippen LogP contribution is 2.36. The quantitative estimate of drug-likeness (QED) is 0.128. The Labute approximate surface area is 239 Å². The van der Waals surface area contributed by atoms with Crippen LogP contribution in [0.3, 0.4) is 0 Å². The number of carbonyl (C=O) groups is 2. The zero-order valence-corrected chi connectivity index (χ0v) is 26.4. The first kappa shape index (κ1) is 33.8. The van der Waals surface area contributed by atoms with Crippen LogP contribution in [0.15, 0.2) is 24.3 Å². The molecule has 1 aliphatic heterocycles. The topological polar surface area (TPSA) is 122 Å². The number of anilines is 1. The number of hydrogen-bond donors (Lipinski definition) is 2. The molecule has 0 bridgehead atoms. The van der Waals surface area contributed by atoms with Crippen molar-refractivity contribution in [3.63, 3.8) is 0 Å². The number of amides is 1. The molecule has 226 valence electrons. The van der Waals surface area contributed by atoms with Gasteiger partial charge in [0.2, 0.25) is 5.91 Å². The summed E-state index contributed by atoms with van der Waals surface area (Å²) in [6, 6.07) is 3.91. The van der Waals surface area contributed by atoms with Crippen molar-refractivity contribution >= 4 is 25.6 Å². The molecule has 0 radical (unpaired) electrons. The molecule has 2 N–H and O–H groups in total. The molecule has 0 saturated carbocycles. The van der Waals surface area contributed by atoms with Crippen molar-refractivity contribution in [3.8, 4) is 11.5 Å². The first-order valence-electron chi connectivity index (χ1n) is 13.7. The van der Waals surface area contributed by atoms with Gasteiger partial charge in [-0.15, -0.1) is 0 Å². The molecule has 0 spiro atoms. The number of hydrogen-bond acceptors (Lipinski definition) is 9. The minimum Gasteiger partial charge on any atom is -0.497 e. The number of esters is 1. The van der Waals surface area contributed by atoms with E-state index >= 15 is 0 Å². The first-order valence-corrected chi connectivity index (χ1v) is 17.4. The SMILES string of the molecule is COCOc1cc(OC)cc(NC(=O)C[C@H]2OC(C)(C)O[C@@H]2C(C)/C=C\C[C@@H](C)O)c1C(=O)OCC[Si](C)(C)C. The molecule has 11 heteroatoms. The predicted octanol–water partition coefficient (Wildman–Crippen LogP) is 4.98.